The number of benzene rings is 1. The summed E-state index contributed by atoms with van der Waals surface area (Å²) in [5.41, 5.74) is 1.82. The molecule has 1 aromatic rings. The van der Waals surface area contributed by atoms with Crippen LogP contribution in [0.1, 0.15) is 49.0 Å². The number of methoxy groups -OCH3 is 1. The van der Waals surface area contributed by atoms with E-state index < -0.39 is 0 Å². The first-order valence-electron chi connectivity index (χ1n) is 6.30. The maximum Gasteiger partial charge on any atom is 0.166 e. The molecule has 2 heteroatoms. The van der Waals surface area contributed by atoms with Crippen LogP contribution >= 0.6 is 0 Å². The summed E-state index contributed by atoms with van der Waals surface area (Å²) in [5, 5.41) is 0. The number of carbonyl (C=O) groups excluding carboxylic acids is 1. The number of hydrogen-bond acceptors (Lipinski definition) is 2. The zero-order valence-corrected chi connectivity index (χ0v) is 11.2. The highest BCUT2D eigenvalue weighted by Crippen LogP contribution is 2.24. The molecule has 0 aliphatic heterocycles. The smallest absolute Gasteiger partial charge is 0.166 e. The molecule has 0 unspecified atom stereocenters. The zero-order valence-electron chi connectivity index (χ0n) is 11.2. The molecule has 0 radical (unpaired) electrons. The van der Waals surface area contributed by atoms with Crippen molar-refractivity contribution in [2.75, 3.05) is 7.11 Å². The number of carbonyl (C=O) groups is 1. The number of aryl methyl sites for hydroxylation is 1. The number of ketones is 1. The van der Waals surface area contributed by atoms with Gasteiger partial charge in [-0.15, -0.1) is 0 Å². The van der Waals surface area contributed by atoms with E-state index in [4.69, 9.17) is 4.74 Å². The van der Waals surface area contributed by atoms with Gasteiger partial charge in [0.1, 0.15) is 5.75 Å². The minimum absolute atomic E-state index is 0.190. The Bertz CT molecular complexity index is 379. The van der Waals surface area contributed by atoms with Gasteiger partial charge in [-0.05, 0) is 30.5 Å². The normalized spacial score (nSPS) is 10.6. The Balaban J connectivity index is 2.88. The van der Waals surface area contributed by atoms with Crippen LogP contribution in [0.25, 0.3) is 0 Å². The van der Waals surface area contributed by atoms with Gasteiger partial charge in [-0.3, -0.25) is 4.79 Å². The highest BCUT2D eigenvalue weighted by Gasteiger charge is 2.16. The predicted octanol–water partition coefficient (Wildman–Crippen LogP) is 4.01. The molecule has 0 aliphatic rings. The molecular weight excluding hydrogens is 212 g/mol. The monoisotopic (exact) mass is 234 g/mol. The maximum absolute atomic E-state index is 12.2. The molecule has 0 bridgehead atoms. The summed E-state index contributed by atoms with van der Waals surface area (Å²) in [4.78, 5) is 12.2. The quantitative estimate of drug-likeness (QED) is 0.695. The van der Waals surface area contributed by atoms with E-state index in [0.29, 0.717) is 23.7 Å². The van der Waals surface area contributed by atoms with E-state index in [1.807, 2.05) is 25.1 Å². The molecule has 0 spiro atoms. The van der Waals surface area contributed by atoms with Crippen LogP contribution in [0.3, 0.4) is 0 Å². The molecule has 0 amide bonds. The van der Waals surface area contributed by atoms with E-state index in [-0.39, 0.29) is 5.78 Å². The number of ether oxygens (including phenoxy) is 1. The molecule has 1 aromatic carbocycles. The molecule has 17 heavy (non-hydrogen) atoms. The van der Waals surface area contributed by atoms with E-state index in [2.05, 4.69) is 13.8 Å². The van der Waals surface area contributed by atoms with Crippen molar-refractivity contribution in [3.8, 4) is 5.75 Å². The summed E-state index contributed by atoms with van der Waals surface area (Å²) in [6.45, 7) is 6.26. The summed E-state index contributed by atoms with van der Waals surface area (Å²) < 4.78 is 5.28. The topological polar surface area (TPSA) is 26.3 Å². The number of rotatable bonds is 6. The van der Waals surface area contributed by atoms with Crippen molar-refractivity contribution in [1.82, 2.24) is 0 Å². The average molecular weight is 234 g/mol. The van der Waals surface area contributed by atoms with Crippen LogP contribution in [0.4, 0.5) is 0 Å². The first-order chi connectivity index (χ1) is 8.12. The molecule has 94 valence electrons. The Morgan fingerprint density at radius 3 is 2.47 bits per heavy atom. The largest absolute Gasteiger partial charge is 0.496 e. The van der Waals surface area contributed by atoms with Gasteiger partial charge in [-0.25, -0.2) is 0 Å². The molecule has 0 fully saturated rings. The molecule has 0 N–H and O–H groups in total. The average Bonchev–Trinajstić information content (AvgIpc) is 2.35. The van der Waals surface area contributed by atoms with Gasteiger partial charge in [0.15, 0.2) is 5.78 Å². The second-order valence-electron chi connectivity index (χ2n) is 4.51. The SMILES string of the molecule is CCC(CC)CC(=O)c1ccc(C)cc1OC. The van der Waals surface area contributed by atoms with Crippen LogP contribution in [0, 0.1) is 12.8 Å². The lowest BCUT2D eigenvalue weighted by Crippen LogP contribution is -2.09. The van der Waals surface area contributed by atoms with Crippen molar-refractivity contribution in [1.29, 1.82) is 0 Å². The van der Waals surface area contributed by atoms with Gasteiger partial charge in [0, 0.05) is 6.42 Å². The Morgan fingerprint density at radius 2 is 1.94 bits per heavy atom. The molecule has 0 aromatic heterocycles. The van der Waals surface area contributed by atoms with Crippen LogP contribution < -0.4 is 4.74 Å². The van der Waals surface area contributed by atoms with E-state index in [0.717, 1.165) is 18.4 Å². The van der Waals surface area contributed by atoms with Gasteiger partial charge in [0.2, 0.25) is 0 Å². The Morgan fingerprint density at radius 1 is 1.29 bits per heavy atom. The van der Waals surface area contributed by atoms with Crippen LogP contribution in [0.15, 0.2) is 18.2 Å². The fourth-order valence-corrected chi connectivity index (χ4v) is 1.98. The van der Waals surface area contributed by atoms with Crippen molar-refractivity contribution in [2.45, 2.75) is 40.0 Å². The van der Waals surface area contributed by atoms with Gasteiger partial charge in [-0.2, -0.15) is 0 Å². The van der Waals surface area contributed by atoms with Crippen LogP contribution in [0.5, 0.6) is 5.75 Å². The van der Waals surface area contributed by atoms with Crippen molar-refractivity contribution in [3.05, 3.63) is 29.3 Å². The zero-order chi connectivity index (χ0) is 12.8. The minimum Gasteiger partial charge on any atom is -0.496 e. The lowest BCUT2D eigenvalue weighted by atomic mass is 9.93. The van der Waals surface area contributed by atoms with Crippen molar-refractivity contribution < 1.29 is 9.53 Å². The maximum atomic E-state index is 12.2. The van der Waals surface area contributed by atoms with Crippen LogP contribution in [0.2, 0.25) is 0 Å². The van der Waals surface area contributed by atoms with Crippen molar-refractivity contribution in [2.24, 2.45) is 5.92 Å². The summed E-state index contributed by atoms with van der Waals surface area (Å²) in [6, 6.07) is 5.75. The summed E-state index contributed by atoms with van der Waals surface area (Å²) in [7, 11) is 1.61. The first kappa shape index (κ1) is 13.8. The third kappa shape index (κ3) is 3.58. The highest BCUT2D eigenvalue weighted by atomic mass is 16.5. The van der Waals surface area contributed by atoms with Crippen LogP contribution in [-0.2, 0) is 0 Å². The second kappa shape index (κ2) is 6.43. The summed E-state index contributed by atoms with van der Waals surface area (Å²) in [5.74, 6) is 1.37. The molecule has 1 rings (SSSR count). The third-order valence-corrected chi connectivity index (χ3v) is 3.29. The third-order valence-electron chi connectivity index (χ3n) is 3.29. The Labute approximate surface area is 104 Å². The highest BCUT2D eigenvalue weighted by molar-refractivity contribution is 5.98. The predicted molar refractivity (Wildman–Crippen MR) is 70.8 cm³/mol. The van der Waals surface area contributed by atoms with Crippen molar-refractivity contribution in [3.63, 3.8) is 0 Å². The minimum atomic E-state index is 0.190. The van der Waals surface area contributed by atoms with Gasteiger partial charge >= 0.3 is 0 Å². The van der Waals surface area contributed by atoms with Crippen molar-refractivity contribution >= 4 is 5.78 Å². The van der Waals surface area contributed by atoms with E-state index >= 15 is 0 Å². The molecule has 0 saturated carbocycles. The Kier molecular flexibility index (Phi) is 5.20. The fraction of sp³-hybridized carbons (Fsp3) is 0.533. The molecule has 2 nitrogen and oxygen atoms in total. The molecule has 0 heterocycles. The summed E-state index contributed by atoms with van der Waals surface area (Å²) >= 11 is 0. The van der Waals surface area contributed by atoms with Gasteiger partial charge in [-0.1, -0.05) is 32.8 Å². The second-order valence-corrected chi connectivity index (χ2v) is 4.51. The first-order valence-corrected chi connectivity index (χ1v) is 6.30. The Hall–Kier alpha value is -1.31. The summed E-state index contributed by atoms with van der Waals surface area (Å²) in [6.07, 6.45) is 2.72. The lowest BCUT2D eigenvalue weighted by molar-refractivity contribution is 0.0955. The van der Waals surface area contributed by atoms with Gasteiger partial charge in [0.05, 0.1) is 12.7 Å². The standard InChI is InChI=1S/C15H22O2/c1-5-12(6-2)10-14(16)13-8-7-11(3)9-15(13)17-4/h7-9,12H,5-6,10H2,1-4H3. The molecule has 0 atom stereocenters. The molecule has 0 saturated heterocycles. The van der Waals surface area contributed by atoms with Gasteiger partial charge < -0.3 is 4.74 Å². The van der Waals surface area contributed by atoms with E-state index in [9.17, 15) is 4.79 Å². The van der Waals surface area contributed by atoms with Crippen LogP contribution in [-0.4, -0.2) is 12.9 Å². The van der Waals surface area contributed by atoms with E-state index in [1.54, 1.807) is 7.11 Å². The number of hydrogen-bond donors (Lipinski definition) is 0. The molecular formula is C15H22O2. The number of Topliss-reactive ketones (excluding diaryl/α,β-unsaturated/α-hetero) is 1. The van der Waals surface area contributed by atoms with Gasteiger partial charge in [0.25, 0.3) is 0 Å². The van der Waals surface area contributed by atoms with E-state index in [1.165, 1.54) is 0 Å². The fourth-order valence-electron chi connectivity index (χ4n) is 1.98. The lowest BCUT2D eigenvalue weighted by Gasteiger charge is -2.13. The molecule has 0 aliphatic carbocycles.